The van der Waals surface area contributed by atoms with Gasteiger partial charge in [-0.3, -0.25) is 9.48 Å². The molecule has 0 N–H and O–H groups in total. The second-order valence-electron chi connectivity index (χ2n) is 9.69. The van der Waals surface area contributed by atoms with Crippen LogP contribution in [0.3, 0.4) is 0 Å². The summed E-state index contributed by atoms with van der Waals surface area (Å²) in [5.41, 5.74) is 4.82. The van der Waals surface area contributed by atoms with E-state index in [-0.39, 0.29) is 23.9 Å². The lowest BCUT2D eigenvalue weighted by Gasteiger charge is -2.36. The van der Waals surface area contributed by atoms with Gasteiger partial charge in [0.05, 0.1) is 18.1 Å². The molecule has 0 radical (unpaired) electrons. The summed E-state index contributed by atoms with van der Waals surface area (Å²) in [5.74, 6) is 1.95. The lowest BCUT2D eigenvalue weighted by atomic mass is 9.94. The van der Waals surface area contributed by atoms with E-state index in [4.69, 9.17) is 16.7 Å². The third-order valence-electron chi connectivity index (χ3n) is 7.35. The molecule has 6 rings (SSSR count). The fraction of sp³-hybridized carbons (Fsp3) is 0.440. The first-order chi connectivity index (χ1) is 15.8. The summed E-state index contributed by atoms with van der Waals surface area (Å²) in [4.78, 5) is 16.0. The molecule has 0 spiro atoms. The minimum atomic E-state index is -0.196. The van der Waals surface area contributed by atoms with E-state index < -0.39 is 0 Å². The number of nitrogens with zero attached hydrogens (tertiary/aromatic N) is 6. The molecule has 7 nitrogen and oxygen atoms in total. The summed E-state index contributed by atoms with van der Waals surface area (Å²) >= 11 is 6.21. The number of allylic oxidation sites excluding steroid dienone is 1. The van der Waals surface area contributed by atoms with Gasteiger partial charge >= 0.3 is 0 Å². The molecule has 8 heteroatoms. The van der Waals surface area contributed by atoms with E-state index >= 15 is 0 Å². The van der Waals surface area contributed by atoms with Crippen molar-refractivity contribution in [1.29, 1.82) is 0 Å². The van der Waals surface area contributed by atoms with Crippen molar-refractivity contribution >= 4 is 23.1 Å². The van der Waals surface area contributed by atoms with Crippen molar-refractivity contribution in [3.63, 3.8) is 0 Å². The number of halogens is 1. The fourth-order valence-corrected chi connectivity index (χ4v) is 5.61. The highest BCUT2D eigenvalue weighted by molar-refractivity contribution is 6.30. The summed E-state index contributed by atoms with van der Waals surface area (Å²) in [5, 5.41) is 14.2. The molecule has 3 unspecified atom stereocenters. The number of fused-ring (bicyclic) bond motifs is 2. The second-order valence-corrected chi connectivity index (χ2v) is 10.1. The third-order valence-corrected chi connectivity index (χ3v) is 7.60. The normalized spacial score (nSPS) is 24.5. The van der Waals surface area contributed by atoms with Crippen molar-refractivity contribution in [1.82, 2.24) is 29.4 Å². The van der Waals surface area contributed by atoms with Crippen LogP contribution in [0.4, 0.5) is 0 Å². The maximum absolute atomic E-state index is 14.0. The largest absolute Gasteiger partial charge is 0.319 e. The molecule has 1 aromatic carbocycles. The summed E-state index contributed by atoms with van der Waals surface area (Å²) in [7, 11) is 0. The number of aromatic nitrogens is 5. The number of hydrogen-bond acceptors (Lipinski definition) is 4. The lowest BCUT2D eigenvalue weighted by Crippen LogP contribution is -2.43. The smallest absolute Gasteiger partial charge is 0.276 e. The van der Waals surface area contributed by atoms with E-state index in [0.717, 1.165) is 53.4 Å². The Morgan fingerprint density at radius 2 is 1.79 bits per heavy atom. The van der Waals surface area contributed by atoms with Gasteiger partial charge in [-0.15, -0.1) is 10.2 Å². The average molecular weight is 463 g/mol. The molecule has 0 saturated heterocycles. The van der Waals surface area contributed by atoms with Crippen LogP contribution in [0.25, 0.3) is 5.57 Å². The van der Waals surface area contributed by atoms with Gasteiger partial charge in [0.15, 0.2) is 11.5 Å². The van der Waals surface area contributed by atoms with Crippen LogP contribution in [0.1, 0.15) is 77.7 Å². The van der Waals surface area contributed by atoms with Crippen LogP contribution in [-0.2, 0) is 6.54 Å². The zero-order chi connectivity index (χ0) is 23.0. The highest BCUT2D eigenvalue weighted by Gasteiger charge is 2.47. The van der Waals surface area contributed by atoms with Gasteiger partial charge in [-0.2, -0.15) is 5.10 Å². The zero-order valence-electron chi connectivity index (χ0n) is 19.3. The fourth-order valence-electron chi connectivity index (χ4n) is 5.49. The molecule has 3 atom stereocenters. The summed E-state index contributed by atoms with van der Waals surface area (Å²) in [6, 6.07) is 8.01. The van der Waals surface area contributed by atoms with E-state index in [0.29, 0.717) is 16.8 Å². The second kappa shape index (κ2) is 7.29. The number of rotatable bonds is 3. The van der Waals surface area contributed by atoms with Crippen molar-refractivity contribution in [2.45, 2.75) is 65.2 Å². The monoisotopic (exact) mass is 462 g/mol. The van der Waals surface area contributed by atoms with Gasteiger partial charge in [-0.1, -0.05) is 36.7 Å². The van der Waals surface area contributed by atoms with Crippen molar-refractivity contribution in [2.75, 3.05) is 0 Å². The van der Waals surface area contributed by atoms with E-state index in [1.54, 1.807) is 0 Å². The zero-order valence-corrected chi connectivity index (χ0v) is 20.0. The van der Waals surface area contributed by atoms with Gasteiger partial charge < -0.3 is 9.47 Å². The van der Waals surface area contributed by atoms with E-state index in [1.807, 2.05) is 36.1 Å². The minimum absolute atomic E-state index is 0.00253. The summed E-state index contributed by atoms with van der Waals surface area (Å²) in [6.45, 7) is 9.09. The molecule has 1 aliphatic carbocycles. The molecule has 1 amide bonds. The van der Waals surface area contributed by atoms with Gasteiger partial charge in [0.2, 0.25) is 0 Å². The Labute approximate surface area is 198 Å². The Kier molecular flexibility index (Phi) is 4.56. The first kappa shape index (κ1) is 20.7. The third kappa shape index (κ3) is 3.09. The Morgan fingerprint density at radius 3 is 2.48 bits per heavy atom. The molecule has 0 bridgehead atoms. The SMILES string of the molecule is CC1=CC(N2C(=O)c3nn(C4CC4)c(C)c3C2c2ccc(Cl)cc2)C(C)Cn2c(C)nnc21. The van der Waals surface area contributed by atoms with Gasteiger partial charge in [-0.05, 0) is 62.8 Å². The Balaban J connectivity index is 1.49. The lowest BCUT2D eigenvalue weighted by molar-refractivity contribution is 0.0636. The van der Waals surface area contributed by atoms with E-state index in [9.17, 15) is 4.79 Å². The van der Waals surface area contributed by atoms with E-state index in [1.165, 1.54) is 0 Å². The quantitative estimate of drug-likeness (QED) is 0.563. The molecule has 33 heavy (non-hydrogen) atoms. The van der Waals surface area contributed by atoms with Crippen LogP contribution < -0.4 is 0 Å². The standard InChI is InChI=1S/C25H27ClN6O/c1-13-11-20(14(2)12-30-16(4)27-28-24(13)30)31-23(17-5-7-18(26)8-6-17)21-15(3)32(19-9-10-19)29-22(21)25(31)33/h5-8,11,14,19-20,23H,9-10,12H2,1-4H3. The van der Waals surface area contributed by atoms with Crippen LogP contribution in [0, 0.1) is 19.8 Å². The topological polar surface area (TPSA) is 68.8 Å². The van der Waals surface area contributed by atoms with Crippen LogP contribution in [0.15, 0.2) is 30.3 Å². The summed E-state index contributed by atoms with van der Waals surface area (Å²) < 4.78 is 4.23. The van der Waals surface area contributed by atoms with Gasteiger partial charge in [0, 0.05) is 22.8 Å². The number of carbonyl (C=O) groups is 1. The molecule has 4 heterocycles. The number of hydrogen-bond donors (Lipinski definition) is 0. The van der Waals surface area contributed by atoms with Crippen molar-refractivity contribution in [3.8, 4) is 0 Å². The van der Waals surface area contributed by atoms with Crippen LogP contribution in [0.5, 0.6) is 0 Å². The Bertz CT molecular complexity index is 1300. The predicted octanol–water partition coefficient (Wildman–Crippen LogP) is 4.75. The van der Waals surface area contributed by atoms with Gasteiger partial charge in [0.1, 0.15) is 5.82 Å². The van der Waals surface area contributed by atoms with E-state index in [2.05, 4.69) is 46.3 Å². The number of carbonyl (C=O) groups excluding carboxylic acids is 1. The van der Waals surface area contributed by atoms with Crippen LogP contribution in [0.2, 0.25) is 5.02 Å². The van der Waals surface area contributed by atoms with Gasteiger partial charge in [-0.25, -0.2) is 0 Å². The molecule has 2 aliphatic heterocycles. The first-order valence-corrected chi connectivity index (χ1v) is 12.0. The van der Waals surface area contributed by atoms with Crippen molar-refractivity contribution < 1.29 is 4.79 Å². The van der Waals surface area contributed by atoms with Crippen LogP contribution >= 0.6 is 11.6 Å². The molecule has 3 aromatic rings. The molecule has 1 saturated carbocycles. The molecular weight excluding hydrogens is 436 g/mol. The number of amides is 1. The maximum Gasteiger partial charge on any atom is 0.276 e. The maximum atomic E-state index is 14.0. The van der Waals surface area contributed by atoms with Crippen LogP contribution in [-0.4, -0.2) is 41.4 Å². The molecule has 170 valence electrons. The first-order valence-electron chi connectivity index (χ1n) is 11.6. The van der Waals surface area contributed by atoms with Crippen molar-refractivity contribution in [3.05, 3.63) is 69.5 Å². The Morgan fingerprint density at radius 1 is 1.06 bits per heavy atom. The minimum Gasteiger partial charge on any atom is -0.319 e. The van der Waals surface area contributed by atoms with Gasteiger partial charge in [0.25, 0.3) is 5.91 Å². The number of aryl methyl sites for hydroxylation is 1. The predicted molar refractivity (Wildman–Crippen MR) is 126 cm³/mol. The highest BCUT2D eigenvalue weighted by Crippen LogP contribution is 2.46. The summed E-state index contributed by atoms with van der Waals surface area (Å²) in [6.07, 6.45) is 4.45. The molecule has 2 aromatic heterocycles. The Hall–Kier alpha value is -2.93. The molecule has 3 aliphatic rings. The average Bonchev–Trinajstić information content (AvgIpc) is 3.44. The van der Waals surface area contributed by atoms with Crippen molar-refractivity contribution in [2.24, 2.45) is 5.92 Å². The molecule has 1 fully saturated rings. The highest BCUT2D eigenvalue weighted by atomic mass is 35.5. The number of benzene rings is 1. The molecular formula is C25H27ClN6O.